The minimum Gasteiger partial charge on any atom is -0.353 e. The van der Waals surface area contributed by atoms with Crippen LogP contribution >= 0.6 is 0 Å². The standard InChI is InChI=1S/C10H22N2O2S/c1-4-5-9(3)12-10(13)7-15(14)6-8(2)11/h8-9H,4-7,11H2,1-3H3,(H,12,13). The van der Waals surface area contributed by atoms with Gasteiger partial charge in [-0.2, -0.15) is 0 Å². The lowest BCUT2D eigenvalue weighted by Crippen LogP contribution is -2.37. The molecule has 0 radical (unpaired) electrons. The molecule has 0 saturated carbocycles. The van der Waals surface area contributed by atoms with Gasteiger partial charge in [-0.15, -0.1) is 0 Å². The fraction of sp³-hybridized carbons (Fsp3) is 0.900. The number of carbonyl (C=O) groups is 1. The molecule has 0 fully saturated rings. The lowest BCUT2D eigenvalue weighted by molar-refractivity contribution is -0.119. The summed E-state index contributed by atoms with van der Waals surface area (Å²) in [6.07, 6.45) is 1.98. The highest BCUT2D eigenvalue weighted by atomic mass is 32.2. The van der Waals surface area contributed by atoms with Crippen molar-refractivity contribution in [3.8, 4) is 0 Å². The summed E-state index contributed by atoms with van der Waals surface area (Å²) < 4.78 is 11.4. The molecule has 0 aliphatic carbocycles. The van der Waals surface area contributed by atoms with E-state index in [1.165, 1.54) is 0 Å². The highest BCUT2D eigenvalue weighted by Gasteiger charge is 2.11. The predicted molar refractivity (Wildman–Crippen MR) is 64.0 cm³/mol. The first kappa shape index (κ1) is 14.6. The van der Waals surface area contributed by atoms with Gasteiger partial charge in [-0.1, -0.05) is 13.3 Å². The number of amides is 1. The maximum absolute atomic E-state index is 11.4. The summed E-state index contributed by atoms with van der Waals surface area (Å²) in [7, 11) is -1.14. The van der Waals surface area contributed by atoms with Crippen molar-refractivity contribution in [2.45, 2.75) is 45.7 Å². The first-order chi connectivity index (χ1) is 6.95. The Kier molecular flexibility index (Phi) is 7.60. The third-order valence-corrected chi connectivity index (χ3v) is 3.35. The minimum absolute atomic E-state index is 0.0651. The van der Waals surface area contributed by atoms with Crippen LogP contribution in [0, 0.1) is 0 Å². The maximum atomic E-state index is 11.4. The first-order valence-electron chi connectivity index (χ1n) is 5.35. The molecule has 15 heavy (non-hydrogen) atoms. The molecule has 90 valence electrons. The van der Waals surface area contributed by atoms with Crippen molar-refractivity contribution < 1.29 is 9.00 Å². The van der Waals surface area contributed by atoms with E-state index in [0.29, 0.717) is 5.75 Å². The van der Waals surface area contributed by atoms with E-state index in [0.717, 1.165) is 12.8 Å². The molecule has 0 saturated heterocycles. The van der Waals surface area contributed by atoms with Gasteiger partial charge >= 0.3 is 0 Å². The van der Waals surface area contributed by atoms with Crippen molar-refractivity contribution in [1.82, 2.24) is 5.32 Å². The van der Waals surface area contributed by atoms with Crippen LogP contribution in [0.5, 0.6) is 0 Å². The van der Waals surface area contributed by atoms with Crippen molar-refractivity contribution in [3.63, 3.8) is 0 Å². The summed E-state index contributed by atoms with van der Waals surface area (Å²) in [4.78, 5) is 11.4. The summed E-state index contributed by atoms with van der Waals surface area (Å²) in [5.74, 6) is 0.306. The zero-order valence-electron chi connectivity index (χ0n) is 9.79. The molecule has 0 heterocycles. The molecule has 0 aromatic carbocycles. The second kappa shape index (κ2) is 7.82. The Morgan fingerprint density at radius 3 is 2.53 bits per heavy atom. The summed E-state index contributed by atoms with van der Waals surface area (Å²) in [6, 6.07) is 0.0431. The topological polar surface area (TPSA) is 72.2 Å². The number of nitrogens with two attached hydrogens (primary N) is 1. The van der Waals surface area contributed by atoms with Gasteiger partial charge in [0.15, 0.2) is 0 Å². The summed E-state index contributed by atoms with van der Waals surface area (Å²) >= 11 is 0. The van der Waals surface area contributed by atoms with Gasteiger partial charge in [-0.25, -0.2) is 0 Å². The van der Waals surface area contributed by atoms with Crippen LogP contribution in [0.2, 0.25) is 0 Å². The van der Waals surface area contributed by atoms with Gasteiger partial charge in [0.2, 0.25) is 5.91 Å². The Morgan fingerprint density at radius 1 is 1.47 bits per heavy atom. The normalized spacial score (nSPS) is 16.8. The second-order valence-corrected chi connectivity index (χ2v) is 5.49. The van der Waals surface area contributed by atoms with Gasteiger partial charge in [-0.3, -0.25) is 9.00 Å². The molecule has 0 rings (SSSR count). The van der Waals surface area contributed by atoms with Crippen molar-refractivity contribution in [2.24, 2.45) is 5.73 Å². The second-order valence-electron chi connectivity index (χ2n) is 3.99. The van der Waals surface area contributed by atoms with Crippen LogP contribution in [-0.2, 0) is 15.6 Å². The van der Waals surface area contributed by atoms with E-state index in [4.69, 9.17) is 5.73 Å². The van der Waals surface area contributed by atoms with Crippen LogP contribution in [-0.4, -0.2) is 33.7 Å². The van der Waals surface area contributed by atoms with Crippen molar-refractivity contribution in [2.75, 3.05) is 11.5 Å². The fourth-order valence-corrected chi connectivity index (χ4v) is 2.40. The average Bonchev–Trinajstić information content (AvgIpc) is 2.00. The van der Waals surface area contributed by atoms with Gasteiger partial charge in [0.25, 0.3) is 0 Å². The highest BCUT2D eigenvalue weighted by molar-refractivity contribution is 7.85. The monoisotopic (exact) mass is 234 g/mol. The lowest BCUT2D eigenvalue weighted by atomic mass is 10.2. The highest BCUT2D eigenvalue weighted by Crippen LogP contribution is 1.95. The molecule has 3 atom stereocenters. The summed E-state index contributed by atoms with van der Waals surface area (Å²) in [6.45, 7) is 5.81. The largest absolute Gasteiger partial charge is 0.353 e. The Bertz CT molecular complexity index is 219. The van der Waals surface area contributed by atoms with E-state index in [-0.39, 0.29) is 23.7 Å². The minimum atomic E-state index is -1.14. The third kappa shape index (κ3) is 8.57. The SMILES string of the molecule is CCCC(C)NC(=O)CS(=O)CC(C)N. The zero-order chi connectivity index (χ0) is 11.8. The smallest absolute Gasteiger partial charge is 0.232 e. The third-order valence-electron chi connectivity index (χ3n) is 1.87. The van der Waals surface area contributed by atoms with Gasteiger partial charge in [-0.05, 0) is 20.3 Å². The van der Waals surface area contributed by atoms with E-state index in [2.05, 4.69) is 12.2 Å². The lowest BCUT2D eigenvalue weighted by Gasteiger charge is -2.12. The van der Waals surface area contributed by atoms with Crippen molar-refractivity contribution >= 4 is 16.7 Å². The molecule has 5 heteroatoms. The van der Waals surface area contributed by atoms with E-state index >= 15 is 0 Å². The van der Waals surface area contributed by atoms with Crippen LogP contribution in [0.4, 0.5) is 0 Å². The van der Waals surface area contributed by atoms with Crippen LogP contribution in [0.15, 0.2) is 0 Å². The van der Waals surface area contributed by atoms with Crippen LogP contribution in [0.1, 0.15) is 33.6 Å². The van der Waals surface area contributed by atoms with E-state index in [1.54, 1.807) is 6.92 Å². The summed E-state index contributed by atoms with van der Waals surface area (Å²) in [5, 5.41) is 2.81. The molecule has 0 aromatic rings. The first-order valence-corrected chi connectivity index (χ1v) is 6.84. The molecule has 3 N–H and O–H groups in total. The van der Waals surface area contributed by atoms with Gasteiger partial charge in [0.1, 0.15) is 5.75 Å². The molecule has 0 aromatic heterocycles. The van der Waals surface area contributed by atoms with Gasteiger partial charge < -0.3 is 11.1 Å². The Balaban J connectivity index is 3.78. The van der Waals surface area contributed by atoms with E-state index in [1.807, 2.05) is 6.92 Å². The van der Waals surface area contributed by atoms with Crippen LogP contribution in [0.25, 0.3) is 0 Å². The van der Waals surface area contributed by atoms with Crippen LogP contribution in [0.3, 0.4) is 0 Å². The molecule has 3 unspecified atom stereocenters. The van der Waals surface area contributed by atoms with Crippen LogP contribution < -0.4 is 11.1 Å². The molecule has 1 amide bonds. The van der Waals surface area contributed by atoms with Gasteiger partial charge in [0.05, 0.1) is 0 Å². The predicted octanol–water partition coefficient (Wildman–Crippen LogP) is 0.387. The Labute approximate surface area is 94.4 Å². The molecular formula is C10H22N2O2S. The van der Waals surface area contributed by atoms with Gasteiger partial charge in [0, 0.05) is 28.6 Å². The number of rotatable bonds is 7. The fourth-order valence-electron chi connectivity index (χ4n) is 1.32. The molecular weight excluding hydrogens is 212 g/mol. The number of carbonyl (C=O) groups excluding carboxylic acids is 1. The summed E-state index contributed by atoms with van der Waals surface area (Å²) in [5.41, 5.74) is 5.49. The molecule has 0 aliphatic rings. The van der Waals surface area contributed by atoms with E-state index in [9.17, 15) is 9.00 Å². The number of nitrogens with one attached hydrogen (secondary N) is 1. The molecule has 4 nitrogen and oxygen atoms in total. The number of hydrogen-bond acceptors (Lipinski definition) is 3. The van der Waals surface area contributed by atoms with Crippen molar-refractivity contribution in [3.05, 3.63) is 0 Å². The zero-order valence-corrected chi connectivity index (χ0v) is 10.6. The average molecular weight is 234 g/mol. The number of hydrogen-bond donors (Lipinski definition) is 2. The van der Waals surface area contributed by atoms with E-state index < -0.39 is 10.8 Å². The molecule has 0 bridgehead atoms. The Morgan fingerprint density at radius 2 is 2.07 bits per heavy atom. The molecule has 0 aliphatic heterocycles. The Hall–Kier alpha value is -0.420. The van der Waals surface area contributed by atoms with Crippen molar-refractivity contribution in [1.29, 1.82) is 0 Å². The molecule has 0 spiro atoms. The maximum Gasteiger partial charge on any atom is 0.232 e. The quantitative estimate of drug-likeness (QED) is 0.669.